The maximum absolute atomic E-state index is 13.0. The van der Waals surface area contributed by atoms with Crippen molar-refractivity contribution in [3.63, 3.8) is 0 Å². The van der Waals surface area contributed by atoms with Crippen LogP contribution >= 0.6 is 15.9 Å². The zero-order chi connectivity index (χ0) is 30.7. The SMILES string of the molecule is C[C@]12CC[C@@H]3c4cc(Br)c(O)cc4C[C@@H](CCCCCCCCCS(=O)CCCC(F)(F)C(F)(F)F)[C@H]3[C@@H]1CC[C@@H]2O. The first-order chi connectivity index (χ1) is 19.7. The summed E-state index contributed by atoms with van der Waals surface area (Å²) in [7, 11) is -1.36. The molecule has 3 aliphatic carbocycles. The number of fused-ring (bicyclic) bond motifs is 5. The average Bonchev–Trinajstić information content (AvgIpc) is 3.21. The van der Waals surface area contributed by atoms with Crippen molar-refractivity contribution < 1.29 is 36.4 Å². The van der Waals surface area contributed by atoms with Crippen molar-refractivity contribution in [3.05, 3.63) is 27.7 Å². The van der Waals surface area contributed by atoms with Crippen LogP contribution in [0, 0.1) is 23.2 Å². The van der Waals surface area contributed by atoms with Gasteiger partial charge in [0.15, 0.2) is 0 Å². The van der Waals surface area contributed by atoms with Gasteiger partial charge in [-0.05, 0) is 120 Å². The van der Waals surface area contributed by atoms with Gasteiger partial charge < -0.3 is 10.2 Å². The van der Waals surface area contributed by atoms with E-state index in [2.05, 4.69) is 28.9 Å². The van der Waals surface area contributed by atoms with Crippen LogP contribution in [0.15, 0.2) is 16.6 Å². The van der Waals surface area contributed by atoms with Gasteiger partial charge in [0.1, 0.15) is 5.75 Å². The largest absolute Gasteiger partial charge is 0.507 e. The summed E-state index contributed by atoms with van der Waals surface area (Å²) in [5.41, 5.74) is 2.66. The number of benzene rings is 1. The summed E-state index contributed by atoms with van der Waals surface area (Å²) in [4.78, 5) is 0. The van der Waals surface area contributed by atoms with Crippen molar-refractivity contribution in [2.75, 3.05) is 11.5 Å². The van der Waals surface area contributed by atoms with Gasteiger partial charge in [0.25, 0.3) is 0 Å². The molecule has 0 amide bonds. The molecule has 7 atom stereocenters. The molecule has 0 heterocycles. The number of alkyl halides is 5. The van der Waals surface area contributed by atoms with E-state index < -0.39 is 35.7 Å². The van der Waals surface area contributed by atoms with Crippen LogP contribution in [0.1, 0.15) is 114 Å². The lowest BCUT2D eigenvalue weighted by atomic mass is 9.52. The Morgan fingerprint density at radius 2 is 1.60 bits per heavy atom. The molecule has 1 unspecified atom stereocenters. The van der Waals surface area contributed by atoms with E-state index in [4.69, 9.17) is 0 Å². The number of hydrogen-bond acceptors (Lipinski definition) is 3. The van der Waals surface area contributed by atoms with Gasteiger partial charge >= 0.3 is 12.1 Å². The molecule has 0 saturated heterocycles. The number of aliphatic hydroxyl groups is 1. The van der Waals surface area contributed by atoms with Crippen molar-refractivity contribution in [3.8, 4) is 5.75 Å². The van der Waals surface area contributed by atoms with Gasteiger partial charge in [-0.25, -0.2) is 0 Å². The van der Waals surface area contributed by atoms with E-state index in [0.29, 0.717) is 41.6 Å². The molecule has 2 saturated carbocycles. The molecule has 0 radical (unpaired) electrons. The number of phenolic OH excluding ortho intramolecular Hbond substituents is 1. The van der Waals surface area contributed by atoms with E-state index in [-0.39, 0.29) is 17.3 Å². The Labute approximate surface area is 258 Å². The van der Waals surface area contributed by atoms with Crippen LogP contribution in [0.2, 0.25) is 0 Å². The Morgan fingerprint density at radius 1 is 0.952 bits per heavy atom. The zero-order valence-corrected chi connectivity index (χ0v) is 26.9. The fourth-order valence-electron chi connectivity index (χ4n) is 8.30. The van der Waals surface area contributed by atoms with Crippen LogP contribution in [0.25, 0.3) is 0 Å². The van der Waals surface area contributed by atoms with Crippen molar-refractivity contribution >= 4 is 26.7 Å². The minimum Gasteiger partial charge on any atom is -0.507 e. The van der Waals surface area contributed by atoms with Gasteiger partial charge in [-0.3, -0.25) is 4.21 Å². The molecule has 10 heteroatoms. The fraction of sp³-hybridized carbons (Fsp3) is 0.812. The summed E-state index contributed by atoms with van der Waals surface area (Å²) >= 11 is 3.53. The molecule has 2 fully saturated rings. The number of aliphatic hydroxyl groups excluding tert-OH is 1. The Morgan fingerprint density at radius 3 is 2.29 bits per heavy atom. The quantitative estimate of drug-likeness (QED) is 0.152. The third kappa shape index (κ3) is 7.72. The number of rotatable bonds is 14. The Hall–Kier alpha value is -0.740. The smallest absolute Gasteiger partial charge is 0.453 e. The van der Waals surface area contributed by atoms with Gasteiger partial charge in [0.05, 0.1) is 10.6 Å². The van der Waals surface area contributed by atoms with Crippen molar-refractivity contribution in [2.24, 2.45) is 23.2 Å². The highest BCUT2D eigenvalue weighted by Crippen LogP contribution is 2.63. The second-order valence-electron chi connectivity index (χ2n) is 13.3. The first-order valence-corrected chi connectivity index (χ1v) is 18.0. The lowest BCUT2D eigenvalue weighted by Crippen LogP contribution is -2.47. The van der Waals surface area contributed by atoms with E-state index >= 15 is 0 Å². The Bertz CT molecular complexity index is 1080. The summed E-state index contributed by atoms with van der Waals surface area (Å²) in [6.45, 7) is 2.30. The fourth-order valence-corrected chi connectivity index (χ4v) is 9.85. The molecule has 240 valence electrons. The Balaban J connectivity index is 1.17. The lowest BCUT2D eigenvalue weighted by Gasteiger charge is -2.53. The molecule has 0 aliphatic heterocycles. The third-order valence-electron chi connectivity index (χ3n) is 10.6. The van der Waals surface area contributed by atoms with Crippen molar-refractivity contribution in [1.82, 2.24) is 0 Å². The predicted octanol–water partition coefficient (Wildman–Crippen LogP) is 9.45. The standard InChI is InChI=1S/C32H46BrF5O3S/c1-30-15-13-23-24-20-26(33)27(39)19-22(24)18-21(29(23)25(30)11-12-28(30)40)10-7-5-3-2-4-6-8-16-42(41)17-9-14-31(34,35)32(36,37)38/h19-21,23,25,28-29,39-40H,2-18H2,1H3/t21-,23-,25+,28+,29-,30+,42?/m1/s1. The van der Waals surface area contributed by atoms with Crippen molar-refractivity contribution in [2.45, 2.75) is 127 Å². The van der Waals surface area contributed by atoms with Crippen LogP contribution in [-0.2, 0) is 17.2 Å². The minimum atomic E-state index is -5.54. The van der Waals surface area contributed by atoms with Crippen LogP contribution in [0.5, 0.6) is 5.75 Å². The molecule has 3 nitrogen and oxygen atoms in total. The van der Waals surface area contributed by atoms with E-state index in [1.807, 2.05) is 6.07 Å². The normalized spacial score (nSPS) is 30.0. The molecule has 3 aliphatic rings. The van der Waals surface area contributed by atoms with E-state index in [1.165, 1.54) is 11.1 Å². The second kappa shape index (κ2) is 14.1. The number of unbranched alkanes of at least 4 members (excludes halogenated alkanes) is 6. The average molecular weight is 686 g/mol. The van der Waals surface area contributed by atoms with Gasteiger partial charge in [-0.1, -0.05) is 45.4 Å². The van der Waals surface area contributed by atoms with Crippen molar-refractivity contribution in [1.29, 1.82) is 0 Å². The molecule has 1 aromatic carbocycles. The van der Waals surface area contributed by atoms with Crippen LogP contribution in [0.4, 0.5) is 22.0 Å². The monoisotopic (exact) mass is 684 g/mol. The highest BCUT2D eigenvalue weighted by Gasteiger charge is 2.57. The highest BCUT2D eigenvalue weighted by atomic mass is 79.9. The molecule has 1 aromatic rings. The summed E-state index contributed by atoms with van der Waals surface area (Å²) < 4.78 is 75.3. The molecule has 0 spiro atoms. The third-order valence-corrected chi connectivity index (χ3v) is 12.8. The number of aromatic hydroxyl groups is 1. The van der Waals surface area contributed by atoms with E-state index in [9.17, 15) is 36.4 Å². The molecule has 4 rings (SSSR count). The molecule has 2 N–H and O–H groups in total. The summed E-state index contributed by atoms with van der Waals surface area (Å²) in [5, 5.41) is 21.3. The summed E-state index contributed by atoms with van der Waals surface area (Å²) in [6.07, 6.45) is 5.81. The Kier molecular flexibility index (Phi) is 11.5. The summed E-state index contributed by atoms with van der Waals surface area (Å²) in [6, 6.07) is 4.08. The minimum absolute atomic E-state index is 0.00286. The molecular formula is C32H46BrF5O3S. The first-order valence-electron chi connectivity index (χ1n) is 15.7. The lowest BCUT2D eigenvalue weighted by molar-refractivity contribution is -0.284. The number of halogens is 6. The van der Waals surface area contributed by atoms with Gasteiger partial charge in [-0.2, -0.15) is 22.0 Å². The van der Waals surface area contributed by atoms with Crippen LogP contribution < -0.4 is 0 Å². The highest BCUT2D eigenvalue weighted by molar-refractivity contribution is 9.10. The first kappa shape index (κ1) is 34.1. The van der Waals surface area contributed by atoms with E-state index in [0.717, 1.165) is 81.5 Å². The van der Waals surface area contributed by atoms with Crippen LogP contribution in [0.3, 0.4) is 0 Å². The molecule has 0 bridgehead atoms. The molecule has 42 heavy (non-hydrogen) atoms. The molecular weight excluding hydrogens is 639 g/mol. The maximum Gasteiger partial charge on any atom is 0.453 e. The van der Waals surface area contributed by atoms with E-state index in [1.54, 1.807) is 0 Å². The topological polar surface area (TPSA) is 57.5 Å². The predicted molar refractivity (Wildman–Crippen MR) is 160 cm³/mol. The summed E-state index contributed by atoms with van der Waals surface area (Å²) in [5.74, 6) is -2.06. The van der Waals surface area contributed by atoms with Crippen LogP contribution in [-0.4, -0.2) is 44.1 Å². The second-order valence-corrected chi connectivity index (χ2v) is 15.9. The number of phenols is 1. The van der Waals surface area contributed by atoms with Gasteiger partial charge in [0.2, 0.25) is 0 Å². The number of hydrogen-bond donors (Lipinski definition) is 2. The van der Waals surface area contributed by atoms with Gasteiger partial charge in [0, 0.05) is 28.7 Å². The maximum atomic E-state index is 13.0. The zero-order valence-electron chi connectivity index (χ0n) is 24.5. The van der Waals surface area contributed by atoms with Gasteiger partial charge in [-0.15, -0.1) is 0 Å². The molecule has 0 aromatic heterocycles.